The second-order valence-electron chi connectivity index (χ2n) is 7.94. The van der Waals surface area contributed by atoms with Gasteiger partial charge in [-0.2, -0.15) is 0 Å². The monoisotopic (exact) mass is 437 g/mol. The molecule has 2 rings (SSSR count). The number of esters is 2. The lowest BCUT2D eigenvalue weighted by Gasteiger charge is -2.22. The minimum absolute atomic E-state index is 0.242. The number of ether oxygens (including phenoxy) is 2. The van der Waals surface area contributed by atoms with E-state index in [9.17, 15) is 9.59 Å². The number of carbonyl (C=O) groups excluding carboxylic acids is 2. The zero-order chi connectivity index (χ0) is 20.2. The van der Waals surface area contributed by atoms with E-state index < -0.39 is 5.60 Å². The summed E-state index contributed by atoms with van der Waals surface area (Å²) in [4.78, 5) is 25.6. The fourth-order valence-corrected chi connectivity index (χ4v) is 3.38. The number of benzene rings is 1. The third kappa shape index (κ3) is 6.69. The molecule has 6 heteroatoms. The molecule has 1 aromatic carbocycles. The number of halogens is 1. The molecular weight excluding hydrogens is 410 g/mol. The molecule has 148 valence electrons. The normalized spacial score (nSPS) is 17.8. The van der Waals surface area contributed by atoms with Crippen molar-refractivity contribution in [3.8, 4) is 0 Å². The average molecular weight is 438 g/mol. The van der Waals surface area contributed by atoms with E-state index in [2.05, 4.69) is 20.8 Å². The highest BCUT2D eigenvalue weighted by Gasteiger charge is 2.25. The maximum atomic E-state index is 12.3. The summed E-state index contributed by atoms with van der Waals surface area (Å²) in [6, 6.07) is 6.05. The molecule has 0 amide bonds. The molecule has 1 aliphatic heterocycles. The summed E-state index contributed by atoms with van der Waals surface area (Å²) in [5, 5.41) is 0. The molecule has 0 bridgehead atoms. The smallest absolute Gasteiger partial charge is 0.334 e. The molecule has 1 atom stereocenters. The van der Waals surface area contributed by atoms with Crippen LogP contribution in [0.1, 0.15) is 46.6 Å². The minimum Gasteiger partial charge on any atom is -0.466 e. The topological polar surface area (TPSA) is 55.8 Å². The summed E-state index contributed by atoms with van der Waals surface area (Å²) in [6.45, 7) is 10.9. The van der Waals surface area contributed by atoms with Crippen molar-refractivity contribution in [3.63, 3.8) is 0 Å². The van der Waals surface area contributed by atoms with Gasteiger partial charge >= 0.3 is 11.9 Å². The fraction of sp³-hybridized carbons (Fsp3) is 0.524. The predicted octanol–water partition coefficient (Wildman–Crippen LogP) is 4.58. The molecule has 1 fully saturated rings. The summed E-state index contributed by atoms with van der Waals surface area (Å²) >= 11 is 3.51. The van der Waals surface area contributed by atoms with Crippen LogP contribution in [0.5, 0.6) is 0 Å². The molecule has 0 aromatic heterocycles. The van der Waals surface area contributed by atoms with Crippen molar-refractivity contribution in [1.82, 2.24) is 0 Å². The number of nitrogens with zero attached hydrogens (tertiary/aromatic N) is 1. The first-order valence-electron chi connectivity index (χ1n) is 9.14. The van der Waals surface area contributed by atoms with Gasteiger partial charge in [-0.25, -0.2) is 4.79 Å². The average Bonchev–Trinajstić information content (AvgIpc) is 3.00. The van der Waals surface area contributed by atoms with E-state index in [4.69, 9.17) is 9.47 Å². The van der Waals surface area contributed by atoms with Crippen LogP contribution < -0.4 is 4.90 Å². The van der Waals surface area contributed by atoms with Crippen LogP contribution in [0.2, 0.25) is 0 Å². The van der Waals surface area contributed by atoms with Crippen LogP contribution >= 0.6 is 15.9 Å². The lowest BCUT2D eigenvalue weighted by molar-refractivity contribution is -0.149. The van der Waals surface area contributed by atoms with Crippen molar-refractivity contribution >= 4 is 39.6 Å². The van der Waals surface area contributed by atoms with Gasteiger partial charge < -0.3 is 14.4 Å². The molecule has 0 radical (unpaired) electrons. The van der Waals surface area contributed by atoms with Crippen molar-refractivity contribution in [3.05, 3.63) is 33.8 Å². The van der Waals surface area contributed by atoms with E-state index in [-0.39, 0.29) is 11.9 Å². The van der Waals surface area contributed by atoms with E-state index in [0.717, 1.165) is 35.2 Å². The fourth-order valence-electron chi connectivity index (χ4n) is 3.00. The first-order valence-corrected chi connectivity index (χ1v) is 9.94. The summed E-state index contributed by atoms with van der Waals surface area (Å²) in [6.07, 6.45) is 2.84. The second kappa shape index (κ2) is 8.91. The van der Waals surface area contributed by atoms with Crippen LogP contribution in [0.4, 0.5) is 5.69 Å². The Balaban J connectivity index is 2.19. The third-order valence-corrected chi connectivity index (χ3v) is 4.72. The maximum absolute atomic E-state index is 12.3. The Morgan fingerprint density at radius 3 is 2.63 bits per heavy atom. The SMILES string of the molecule is CC(=O)OCC1CCN(c2ccc(Br)cc2C=C(C)C(=O)OC(C)(C)C)C1. The molecule has 1 saturated heterocycles. The van der Waals surface area contributed by atoms with Crippen molar-refractivity contribution in [2.45, 2.75) is 46.6 Å². The zero-order valence-electron chi connectivity index (χ0n) is 16.7. The molecule has 1 heterocycles. The molecule has 0 aliphatic carbocycles. The molecule has 1 aromatic rings. The van der Waals surface area contributed by atoms with Crippen molar-refractivity contribution < 1.29 is 19.1 Å². The van der Waals surface area contributed by atoms with Gasteiger partial charge in [-0.15, -0.1) is 0 Å². The molecular formula is C21H28BrNO4. The largest absolute Gasteiger partial charge is 0.466 e. The first kappa shape index (κ1) is 21.5. The highest BCUT2D eigenvalue weighted by Crippen LogP contribution is 2.31. The van der Waals surface area contributed by atoms with E-state index >= 15 is 0 Å². The molecule has 1 aliphatic rings. The number of hydrogen-bond acceptors (Lipinski definition) is 5. The third-order valence-electron chi connectivity index (χ3n) is 4.23. The summed E-state index contributed by atoms with van der Waals surface area (Å²) in [5.74, 6) is -0.238. The minimum atomic E-state index is -0.523. The summed E-state index contributed by atoms with van der Waals surface area (Å²) in [5.41, 5.74) is 2.05. The van der Waals surface area contributed by atoms with Gasteiger partial charge in [-0.3, -0.25) is 4.79 Å². The summed E-state index contributed by atoms with van der Waals surface area (Å²) in [7, 11) is 0. The van der Waals surface area contributed by atoms with Gasteiger partial charge in [0, 0.05) is 41.7 Å². The Hall–Kier alpha value is -1.82. The first-order chi connectivity index (χ1) is 12.5. The second-order valence-corrected chi connectivity index (χ2v) is 8.85. The van der Waals surface area contributed by atoms with Crippen molar-refractivity contribution in [1.29, 1.82) is 0 Å². The van der Waals surface area contributed by atoms with Gasteiger partial charge in [0.2, 0.25) is 0 Å². The lowest BCUT2D eigenvalue weighted by atomic mass is 10.1. The highest BCUT2D eigenvalue weighted by atomic mass is 79.9. The van der Waals surface area contributed by atoms with Crippen LogP contribution in [0.25, 0.3) is 6.08 Å². The summed E-state index contributed by atoms with van der Waals surface area (Å²) < 4.78 is 11.6. The Kier molecular flexibility index (Phi) is 7.09. The maximum Gasteiger partial charge on any atom is 0.334 e. The number of carbonyl (C=O) groups is 2. The van der Waals surface area contributed by atoms with Gasteiger partial charge in [0.1, 0.15) is 5.60 Å². The Morgan fingerprint density at radius 2 is 2.00 bits per heavy atom. The number of hydrogen-bond donors (Lipinski definition) is 0. The van der Waals surface area contributed by atoms with Gasteiger partial charge in [0.05, 0.1) is 6.61 Å². The van der Waals surface area contributed by atoms with E-state index in [0.29, 0.717) is 18.1 Å². The van der Waals surface area contributed by atoms with Crippen LogP contribution in [0.15, 0.2) is 28.2 Å². The van der Waals surface area contributed by atoms with Gasteiger partial charge in [-0.05, 0) is 64.0 Å². The lowest BCUT2D eigenvalue weighted by Crippen LogP contribution is -2.24. The molecule has 0 spiro atoms. The quantitative estimate of drug-likeness (QED) is 0.498. The Bertz CT molecular complexity index is 736. The molecule has 5 nitrogen and oxygen atoms in total. The van der Waals surface area contributed by atoms with E-state index in [1.54, 1.807) is 6.92 Å². The number of anilines is 1. The molecule has 27 heavy (non-hydrogen) atoms. The molecule has 0 N–H and O–H groups in total. The highest BCUT2D eigenvalue weighted by molar-refractivity contribution is 9.10. The molecule has 0 saturated carbocycles. The Morgan fingerprint density at radius 1 is 1.30 bits per heavy atom. The van der Waals surface area contributed by atoms with Crippen LogP contribution in [0.3, 0.4) is 0 Å². The standard InChI is InChI=1S/C21H28BrNO4/c1-14(20(25)27-21(3,4)5)10-17-11-18(22)6-7-19(17)23-9-8-16(12-23)13-26-15(2)24/h6-7,10-11,16H,8-9,12-13H2,1-5H3. The van der Waals surface area contributed by atoms with Gasteiger partial charge in [0.25, 0.3) is 0 Å². The van der Waals surface area contributed by atoms with Crippen molar-refractivity contribution in [2.24, 2.45) is 5.92 Å². The Labute approximate surface area is 169 Å². The molecule has 1 unspecified atom stereocenters. The van der Waals surface area contributed by atoms with Gasteiger partial charge in [0.15, 0.2) is 0 Å². The van der Waals surface area contributed by atoms with Crippen LogP contribution in [-0.2, 0) is 19.1 Å². The predicted molar refractivity (Wildman–Crippen MR) is 111 cm³/mol. The number of rotatable bonds is 5. The van der Waals surface area contributed by atoms with E-state index in [1.807, 2.05) is 45.0 Å². The van der Waals surface area contributed by atoms with Crippen LogP contribution in [0, 0.1) is 5.92 Å². The van der Waals surface area contributed by atoms with Gasteiger partial charge in [-0.1, -0.05) is 15.9 Å². The van der Waals surface area contributed by atoms with E-state index in [1.165, 1.54) is 6.92 Å². The van der Waals surface area contributed by atoms with Crippen molar-refractivity contribution in [2.75, 3.05) is 24.6 Å². The van der Waals surface area contributed by atoms with Crippen LogP contribution in [-0.4, -0.2) is 37.2 Å². The zero-order valence-corrected chi connectivity index (χ0v) is 18.3.